The van der Waals surface area contributed by atoms with Crippen LogP contribution in [0.4, 0.5) is 5.69 Å². The first-order valence-electron chi connectivity index (χ1n) is 4.71. The molecule has 1 aromatic carbocycles. The van der Waals surface area contributed by atoms with Gasteiger partial charge in [-0.15, -0.1) is 0 Å². The molecule has 1 amide bonds. The molecule has 0 aliphatic carbocycles. The van der Waals surface area contributed by atoms with E-state index in [9.17, 15) is 9.90 Å². The van der Waals surface area contributed by atoms with E-state index in [0.717, 1.165) is 17.7 Å². The molecule has 0 bridgehead atoms. The number of anilines is 1. The summed E-state index contributed by atoms with van der Waals surface area (Å²) in [5, 5.41) is 9.30. The highest BCUT2D eigenvalue weighted by Crippen LogP contribution is 2.34. The van der Waals surface area contributed by atoms with Crippen LogP contribution >= 0.6 is 0 Å². The molecule has 3 nitrogen and oxygen atoms in total. The Morgan fingerprint density at radius 3 is 2.93 bits per heavy atom. The molecule has 74 valence electrons. The first-order valence-corrected chi connectivity index (χ1v) is 4.71. The molecule has 1 aromatic rings. The van der Waals surface area contributed by atoms with Gasteiger partial charge in [-0.1, -0.05) is 0 Å². The van der Waals surface area contributed by atoms with Gasteiger partial charge in [0.05, 0.1) is 0 Å². The van der Waals surface area contributed by atoms with E-state index in [4.69, 9.17) is 0 Å². The van der Waals surface area contributed by atoms with Crippen molar-refractivity contribution in [2.45, 2.75) is 26.3 Å². The minimum Gasteiger partial charge on any atom is -0.508 e. The Hall–Kier alpha value is -1.51. The average Bonchev–Trinajstić information content (AvgIpc) is 2.39. The van der Waals surface area contributed by atoms with Crippen LogP contribution in [0.1, 0.15) is 19.4 Å². The van der Waals surface area contributed by atoms with Gasteiger partial charge in [-0.05, 0) is 37.1 Å². The molecule has 0 saturated carbocycles. The number of rotatable bonds is 0. The molecule has 2 rings (SSSR count). The van der Waals surface area contributed by atoms with Crippen molar-refractivity contribution in [3.63, 3.8) is 0 Å². The minimum absolute atomic E-state index is 0.0574. The van der Waals surface area contributed by atoms with Gasteiger partial charge in [-0.25, -0.2) is 0 Å². The predicted octanol–water partition coefficient (Wildman–Crippen LogP) is 1.69. The number of aromatic hydroxyl groups is 1. The Labute approximate surface area is 83.0 Å². The summed E-state index contributed by atoms with van der Waals surface area (Å²) in [4.78, 5) is 13.1. The van der Waals surface area contributed by atoms with Crippen LogP contribution in [0.25, 0.3) is 0 Å². The molecule has 0 radical (unpaired) electrons. The predicted molar refractivity (Wildman–Crippen MR) is 54.4 cm³/mol. The number of amides is 1. The van der Waals surface area contributed by atoms with E-state index >= 15 is 0 Å². The Kier molecular flexibility index (Phi) is 1.95. The Bertz CT molecular complexity index is 387. The van der Waals surface area contributed by atoms with Crippen LogP contribution in [-0.4, -0.2) is 17.1 Å². The van der Waals surface area contributed by atoms with Crippen LogP contribution in [-0.2, 0) is 11.2 Å². The summed E-state index contributed by atoms with van der Waals surface area (Å²) in [7, 11) is 0. The molecule has 0 spiro atoms. The molecular weight excluding hydrogens is 178 g/mol. The smallest absolute Gasteiger partial charge is 0.224 e. The Balaban J connectivity index is 2.48. The van der Waals surface area contributed by atoms with E-state index in [0.29, 0.717) is 0 Å². The number of hydrogen-bond acceptors (Lipinski definition) is 2. The summed E-state index contributed by atoms with van der Waals surface area (Å²) < 4.78 is 0. The van der Waals surface area contributed by atoms with Crippen molar-refractivity contribution in [3.8, 4) is 5.75 Å². The normalized spacial score (nSPS) is 19.6. The van der Waals surface area contributed by atoms with E-state index in [1.165, 1.54) is 0 Å². The van der Waals surface area contributed by atoms with Gasteiger partial charge < -0.3 is 10.0 Å². The lowest BCUT2D eigenvalue weighted by Crippen LogP contribution is -2.33. The van der Waals surface area contributed by atoms with E-state index in [-0.39, 0.29) is 17.7 Å². The first kappa shape index (κ1) is 9.06. The highest BCUT2D eigenvalue weighted by molar-refractivity contribution is 5.94. The Morgan fingerprint density at radius 2 is 2.29 bits per heavy atom. The third-order valence-electron chi connectivity index (χ3n) is 2.62. The van der Waals surface area contributed by atoms with E-state index in [1.807, 2.05) is 6.92 Å². The zero-order valence-corrected chi connectivity index (χ0v) is 8.32. The Morgan fingerprint density at radius 1 is 1.57 bits per heavy atom. The molecule has 1 N–H and O–H groups in total. The number of hydrogen-bond donors (Lipinski definition) is 1. The van der Waals surface area contributed by atoms with Crippen molar-refractivity contribution in [2.24, 2.45) is 0 Å². The van der Waals surface area contributed by atoms with Crippen molar-refractivity contribution in [2.75, 3.05) is 4.90 Å². The van der Waals surface area contributed by atoms with Crippen LogP contribution in [0.15, 0.2) is 18.2 Å². The SMILES string of the molecule is CC(=O)N1c2ccc(O)cc2C[C@@H]1C. The summed E-state index contributed by atoms with van der Waals surface area (Å²) >= 11 is 0. The van der Waals surface area contributed by atoms with Gasteiger partial charge >= 0.3 is 0 Å². The summed E-state index contributed by atoms with van der Waals surface area (Å²) in [5.41, 5.74) is 1.98. The lowest BCUT2D eigenvalue weighted by atomic mass is 10.1. The summed E-state index contributed by atoms with van der Waals surface area (Å²) in [6, 6.07) is 5.35. The van der Waals surface area contributed by atoms with Crippen molar-refractivity contribution in [1.29, 1.82) is 0 Å². The molecule has 0 saturated heterocycles. The second-order valence-corrected chi connectivity index (χ2v) is 3.76. The van der Waals surface area contributed by atoms with E-state index in [2.05, 4.69) is 0 Å². The zero-order valence-electron chi connectivity index (χ0n) is 8.32. The number of benzene rings is 1. The third-order valence-corrected chi connectivity index (χ3v) is 2.62. The number of phenols is 1. The average molecular weight is 191 g/mol. The fourth-order valence-electron chi connectivity index (χ4n) is 2.10. The lowest BCUT2D eigenvalue weighted by molar-refractivity contribution is -0.116. The summed E-state index contributed by atoms with van der Waals surface area (Å²) in [5.74, 6) is 0.322. The second-order valence-electron chi connectivity index (χ2n) is 3.76. The molecule has 1 atom stereocenters. The molecule has 3 heteroatoms. The van der Waals surface area contributed by atoms with E-state index < -0.39 is 0 Å². The maximum absolute atomic E-state index is 11.4. The van der Waals surface area contributed by atoms with Gasteiger partial charge in [0.15, 0.2) is 0 Å². The number of carbonyl (C=O) groups is 1. The van der Waals surface area contributed by atoms with Crippen LogP contribution in [0.5, 0.6) is 5.75 Å². The van der Waals surface area contributed by atoms with Crippen LogP contribution < -0.4 is 4.90 Å². The van der Waals surface area contributed by atoms with Gasteiger partial charge in [0.25, 0.3) is 0 Å². The minimum atomic E-state index is 0.0574. The van der Waals surface area contributed by atoms with E-state index in [1.54, 1.807) is 30.0 Å². The summed E-state index contributed by atoms with van der Waals surface area (Å²) in [6.45, 7) is 3.58. The monoisotopic (exact) mass is 191 g/mol. The molecule has 14 heavy (non-hydrogen) atoms. The van der Waals surface area contributed by atoms with Crippen molar-refractivity contribution in [3.05, 3.63) is 23.8 Å². The molecule has 1 heterocycles. The van der Waals surface area contributed by atoms with Gasteiger partial charge in [0.2, 0.25) is 5.91 Å². The fraction of sp³-hybridized carbons (Fsp3) is 0.364. The van der Waals surface area contributed by atoms with Gasteiger partial charge in [0, 0.05) is 18.7 Å². The number of nitrogens with zero attached hydrogens (tertiary/aromatic N) is 1. The molecule has 1 aliphatic heterocycles. The van der Waals surface area contributed by atoms with Crippen molar-refractivity contribution in [1.82, 2.24) is 0 Å². The lowest BCUT2D eigenvalue weighted by Gasteiger charge is -2.20. The van der Waals surface area contributed by atoms with Crippen LogP contribution in [0, 0.1) is 0 Å². The third kappa shape index (κ3) is 1.25. The quantitative estimate of drug-likeness (QED) is 0.678. The van der Waals surface area contributed by atoms with Gasteiger partial charge in [0.1, 0.15) is 5.75 Å². The molecular formula is C11H13NO2. The maximum atomic E-state index is 11.4. The number of carbonyl (C=O) groups excluding carboxylic acids is 1. The van der Waals surface area contributed by atoms with Gasteiger partial charge in [-0.3, -0.25) is 4.79 Å². The maximum Gasteiger partial charge on any atom is 0.224 e. The zero-order chi connectivity index (χ0) is 10.3. The molecule has 0 unspecified atom stereocenters. The molecule has 0 fully saturated rings. The molecule has 0 aromatic heterocycles. The van der Waals surface area contributed by atoms with Crippen LogP contribution in [0.2, 0.25) is 0 Å². The highest BCUT2D eigenvalue weighted by atomic mass is 16.3. The fourth-order valence-corrected chi connectivity index (χ4v) is 2.10. The van der Waals surface area contributed by atoms with Gasteiger partial charge in [-0.2, -0.15) is 0 Å². The highest BCUT2D eigenvalue weighted by Gasteiger charge is 2.28. The topological polar surface area (TPSA) is 40.5 Å². The second kappa shape index (κ2) is 3.01. The standard InChI is InChI=1S/C11H13NO2/c1-7-5-9-6-10(14)3-4-11(9)12(7)8(2)13/h3-4,6-7,14H,5H2,1-2H3/t7-/m0/s1. The number of phenolic OH excluding ortho intramolecular Hbond substituents is 1. The number of fused-ring (bicyclic) bond motifs is 1. The summed E-state index contributed by atoms with van der Waals surface area (Å²) in [6.07, 6.45) is 0.823. The molecule has 1 aliphatic rings. The first-order chi connectivity index (χ1) is 6.59. The van der Waals surface area contributed by atoms with Crippen LogP contribution in [0.3, 0.4) is 0 Å². The largest absolute Gasteiger partial charge is 0.508 e. The van der Waals surface area contributed by atoms with Crippen molar-refractivity contribution >= 4 is 11.6 Å². The van der Waals surface area contributed by atoms with Crippen molar-refractivity contribution < 1.29 is 9.90 Å².